The molecular weight excluding hydrogens is 182 g/mol. The van der Waals surface area contributed by atoms with E-state index in [-0.39, 0.29) is 0 Å². The smallest absolute Gasteiger partial charge is 0.0398 e. The zero-order valence-electron chi connectivity index (χ0n) is 9.58. The van der Waals surface area contributed by atoms with Crippen LogP contribution in [0.2, 0.25) is 0 Å². The minimum atomic E-state index is 1.11. The van der Waals surface area contributed by atoms with Crippen LogP contribution in [0.1, 0.15) is 38.2 Å². The molecule has 2 rings (SSSR count). The Labute approximate surface area is 93.1 Å². The van der Waals surface area contributed by atoms with Gasteiger partial charge in [-0.05, 0) is 31.4 Å². The number of benzene rings is 1. The van der Waals surface area contributed by atoms with E-state index in [1.165, 1.54) is 37.8 Å². The van der Waals surface area contributed by atoms with E-state index in [0.717, 1.165) is 6.54 Å². The third kappa shape index (κ3) is 3.35. The molecule has 0 spiro atoms. The molecule has 0 heterocycles. The second-order valence-electron chi connectivity index (χ2n) is 4.33. The van der Waals surface area contributed by atoms with Gasteiger partial charge in [-0.2, -0.15) is 0 Å². The third-order valence-electron chi connectivity index (χ3n) is 2.92. The Morgan fingerprint density at radius 2 is 1.87 bits per heavy atom. The molecule has 0 aromatic heterocycles. The highest BCUT2D eigenvalue weighted by molar-refractivity contribution is 5.16. The zero-order chi connectivity index (χ0) is 10.5. The van der Waals surface area contributed by atoms with Crippen molar-refractivity contribution in [2.24, 2.45) is 0 Å². The monoisotopic (exact) mass is 202 g/mol. The maximum atomic E-state index is 2.57. The van der Waals surface area contributed by atoms with Crippen molar-refractivity contribution in [3.05, 3.63) is 41.9 Å². The van der Waals surface area contributed by atoms with Gasteiger partial charge < -0.3 is 0 Å². The zero-order valence-corrected chi connectivity index (χ0v) is 9.58. The maximum absolute atomic E-state index is 2.57. The second kappa shape index (κ2) is 5.32. The van der Waals surface area contributed by atoms with Gasteiger partial charge in [0.15, 0.2) is 0 Å². The summed E-state index contributed by atoms with van der Waals surface area (Å²) in [4.78, 5) is 2.57. The van der Waals surface area contributed by atoms with Crippen LogP contribution in [0.4, 0.5) is 0 Å². The van der Waals surface area contributed by atoms with Gasteiger partial charge in [-0.3, -0.25) is 4.90 Å². The first kappa shape index (κ1) is 10.7. The molecular formula is C14H20N. The molecule has 81 valence electrons. The molecule has 0 aliphatic heterocycles. The van der Waals surface area contributed by atoms with Crippen molar-refractivity contribution < 1.29 is 0 Å². The Bertz CT molecular complexity index is 277. The average molecular weight is 202 g/mol. The van der Waals surface area contributed by atoms with Crippen LogP contribution in [0.15, 0.2) is 30.3 Å². The van der Waals surface area contributed by atoms with E-state index >= 15 is 0 Å². The van der Waals surface area contributed by atoms with Crippen LogP contribution >= 0.6 is 0 Å². The lowest BCUT2D eigenvalue weighted by Crippen LogP contribution is -2.22. The lowest BCUT2D eigenvalue weighted by molar-refractivity contribution is 0.309. The molecule has 1 aliphatic rings. The maximum Gasteiger partial charge on any atom is 0.0398 e. The van der Waals surface area contributed by atoms with Gasteiger partial charge in [-0.15, -0.1) is 0 Å². The minimum absolute atomic E-state index is 1.11. The van der Waals surface area contributed by atoms with Crippen LogP contribution in [0.5, 0.6) is 0 Å². The standard InChI is InChI=1S/C14H20N/c1-2-3-11-15(14-9-10-14)12-13-7-5-4-6-8-13/h4-8H,2-3,9-12H2,1H3. The molecule has 0 saturated heterocycles. The summed E-state index contributed by atoms with van der Waals surface area (Å²) in [7, 11) is 0. The van der Waals surface area contributed by atoms with Crippen LogP contribution in [0, 0.1) is 6.04 Å². The number of hydrogen-bond acceptors (Lipinski definition) is 1. The van der Waals surface area contributed by atoms with Crippen molar-refractivity contribution in [3.8, 4) is 0 Å². The van der Waals surface area contributed by atoms with E-state index in [4.69, 9.17) is 0 Å². The molecule has 1 aromatic carbocycles. The molecule has 1 heteroatoms. The van der Waals surface area contributed by atoms with Gasteiger partial charge in [0.25, 0.3) is 0 Å². The van der Waals surface area contributed by atoms with E-state index < -0.39 is 0 Å². The topological polar surface area (TPSA) is 3.24 Å². The highest BCUT2D eigenvalue weighted by Crippen LogP contribution is 2.36. The average Bonchev–Trinajstić information content (AvgIpc) is 3.09. The van der Waals surface area contributed by atoms with Gasteiger partial charge in [-0.25, -0.2) is 0 Å². The molecule has 0 atom stereocenters. The number of hydrogen-bond donors (Lipinski definition) is 0. The summed E-state index contributed by atoms with van der Waals surface area (Å²) in [6.07, 6.45) is 5.27. The second-order valence-corrected chi connectivity index (χ2v) is 4.33. The summed E-state index contributed by atoms with van der Waals surface area (Å²) in [6.45, 7) is 4.61. The van der Waals surface area contributed by atoms with Gasteiger partial charge in [0.05, 0.1) is 0 Å². The van der Waals surface area contributed by atoms with Crippen LogP contribution < -0.4 is 0 Å². The number of nitrogens with zero attached hydrogens (tertiary/aromatic N) is 1. The first-order valence-electron chi connectivity index (χ1n) is 6.03. The molecule has 15 heavy (non-hydrogen) atoms. The fourth-order valence-corrected chi connectivity index (χ4v) is 1.87. The predicted molar refractivity (Wildman–Crippen MR) is 64.2 cm³/mol. The van der Waals surface area contributed by atoms with Crippen molar-refractivity contribution in [1.82, 2.24) is 4.90 Å². The summed E-state index contributed by atoms with van der Waals surface area (Å²) in [6, 6.07) is 12.5. The quantitative estimate of drug-likeness (QED) is 0.681. The first-order valence-corrected chi connectivity index (χ1v) is 6.03. The molecule has 0 unspecified atom stereocenters. The molecule has 1 aromatic rings. The van der Waals surface area contributed by atoms with Crippen molar-refractivity contribution in [3.63, 3.8) is 0 Å². The Kier molecular flexibility index (Phi) is 3.79. The molecule has 0 amide bonds. The van der Waals surface area contributed by atoms with Crippen LogP contribution in [-0.2, 0) is 6.54 Å². The molecule has 1 nitrogen and oxygen atoms in total. The van der Waals surface area contributed by atoms with Crippen LogP contribution in [0.25, 0.3) is 0 Å². The molecule has 1 saturated carbocycles. The Morgan fingerprint density at radius 1 is 1.13 bits per heavy atom. The van der Waals surface area contributed by atoms with Gasteiger partial charge >= 0.3 is 0 Å². The van der Waals surface area contributed by atoms with Crippen molar-refractivity contribution in [2.45, 2.75) is 39.2 Å². The fraction of sp³-hybridized carbons (Fsp3) is 0.500. The summed E-state index contributed by atoms with van der Waals surface area (Å²) in [5.41, 5.74) is 1.44. The molecule has 1 fully saturated rings. The van der Waals surface area contributed by atoms with Gasteiger partial charge in [-0.1, -0.05) is 43.7 Å². The van der Waals surface area contributed by atoms with Crippen LogP contribution in [0.3, 0.4) is 0 Å². The molecule has 1 radical (unpaired) electrons. The summed E-state index contributed by atoms with van der Waals surface area (Å²) < 4.78 is 0. The van der Waals surface area contributed by atoms with Crippen molar-refractivity contribution in [2.75, 3.05) is 6.54 Å². The normalized spacial score (nSPS) is 15.9. The van der Waals surface area contributed by atoms with E-state index in [9.17, 15) is 0 Å². The van der Waals surface area contributed by atoms with Crippen molar-refractivity contribution in [1.29, 1.82) is 0 Å². The van der Waals surface area contributed by atoms with Gasteiger partial charge in [0.1, 0.15) is 0 Å². The van der Waals surface area contributed by atoms with E-state index in [1.54, 1.807) is 6.04 Å². The fourth-order valence-electron chi connectivity index (χ4n) is 1.87. The molecule has 0 N–H and O–H groups in total. The minimum Gasteiger partial charge on any atom is -0.292 e. The highest BCUT2D eigenvalue weighted by Gasteiger charge is 2.29. The lowest BCUT2D eigenvalue weighted by Gasteiger charge is -2.21. The Morgan fingerprint density at radius 3 is 2.47 bits per heavy atom. The van der Waals surface area contributed by atoms with E-state index in [1.807, 2.05) is 0 Å². The van der Waals surface area contributed by atoms with Gasteiger partial charge in [0, 0.05) is 12.6 Å². The summed E-state index contributed by atoms with van der Waals surface area (Å²) >= 11 is 0. The first-order chi connectivity index (χ1) is 7.40. The molecule has 1 aliphatic carbocycles. The van der Waals surface area contributed by atoms with E-state index in [2.05, 4.69) is 42.2 Å². The van der Waals surface area contributed by atoms with Crippen LogP contribution in [-0.4, -0.2) is 11.4 Å². The Hall–Kier alpha value is -0.820. The third-order valence-corrected chi connectivity index (χ3v) is 2.92. The largest absolute Gasteiger partial charge is 0.292 e. The highest BCUT2D eigenvalue weighted by atomic mass is 15.2. The predicted octanol–water partition coefficient (Wildman–Crippen LogP) is 3.61. The van der Waals surface area contributed by atoms with Crippen molar-refractivity contribution >= 4 is 0 Å². The lowest BCUT2D eigenvalue weighted by atomic mass is 10.2. The number of unbranched alkanes of at least 4 members (excludes halogenated alkanes) is 1. The van der Waals surface area contributed by atoms with E-state index in [0.29, 0.717) is 0 Å². The number of rotatable bonds is 6. The Balaban J connectivity index is 1.88. The summed E-state index contributed by atoms with van der Waals surface area (Å²) in [5.74, 6) is 0. The SMILES string of the molecule is CCCCN(Cc1ccccc1)[C]1CC1. The molecule has 0 bridgehead atoms. The summed E-state index contributed by atoms with van der Waals surface area (Å²) in [5, 5.41) is 0. The van der Waals surface area contributed by atoms with Gasteiger partial charge in [0.2, 0.25) is 0 Å².